The van der Waals surface area contributed by atoms with Gasteiger partial charge in [-0.3, -0.25) is 0 Å². The Morgan fingerprint density at radius 2 is 1.27 bits per heavy atom. The van der Waals surface area contributed by atoms with E-state index in [1.807, 2.05) is 60.7 Å². The smallest absolute Gasteiger partial charge is 1.00 e. The number of hydrogen-bond donors (Lipinski definition) is 0. The number of hydrogen-bond acceptors (Lipinski definition) is 1. The first-order valence-corrected chi connectivity index (χ1v) is 4.19. The summed E-state index contributed by atoms with van der Waals surface area (Å²) in [5.41, 5.74) is 0. The van der Waals surface area contributed by atoms with Crippen LogP contribution >= 0.6 is 0 Å². The topological polar surface area (TPSA) is 0 Å². The van der Waals surface area contributed by atoms with Gasteiger partial charge in [-0.15, -0.1) is 0 Å². The average molecular weight is 293 g/mol. The first-order chi connectivity index (χ1) is 5.89. The summed E-state index contributed by atoms with van der Waals surface area (Å²) in [6.07, 6.45) is 0. The Hall–Kier alpha value is 0.0843. The van der Waals surface area contributed by atoms with Crippen LogP contribution in [-0.2, 0) is 34.3 Å². The second-order valence-corrected chi connectivity index (χ2v) is 2.75. The Labute approximate surface area is 124 Å². The standard InChI is InChI=1S/C6H6S.C5H5.2ClH.Ti/c7-6-4-2-1-3-5-6;1-2-4-5-3-1;;;/h1-5,7H;1-5H;2*1H;/q;-1;;;+4/p-3. The summed E-state index contributed by atoms with van der Waals surface area (Å²) in [6, 6.07) is 19.6. The molecule has 0 aliphatic heterocycles. The van der Waals surface area contributed by atoms with E-state index in [0.717, 1.165) is 4.90 Å². The van der Waals surface area contributed by atoms with Gasteiger partial charge >= 0.3 is 21.7 Å². The normalized spacial score (nSPS) is 6.67. The van der Waals surface area contributed by atoms with Gasteiger partial charge in [0.15, 0.2) is 0 Å². The Kier molecular flexibility index (Phi) is 19.2. The Morgan fingerprint density at radius 1 is 0.800 bits per heavy atom. The number of halogens is 2. The van der Waals surface area contributed by atoms with E-state index in [1.165, 1.54) is 0 Å². The molecular weight excluding hydrogens is 283 g/mol. The molecule has 78 valence electrons. The summed E-state index contributed by atoms with van der Waals surface area (Å²) in [5, 5.41) is 0. The van der Waals surface area contributed by atoms with Gasteiger partial charge in [-0.1, -0.05) is 30.3 Å². The van der Waals surface area contributed by atoms with Crippen molar-refractivity contribution in [2.75, 3.05) is 0 Å². The van der Waals surface area contributed by atoms with Gasteiger partial charge in [0, 0.05) is 0 Å². The molecule has 0 amide bonds. The molecule has 0 N–H and O–H groups in total. The van der Waals surface area contributed by atoms with Crippen molar-refractivity contribution in [3.8, 4) is 0 Å². The summed E-state index contributed by atoms with van der Waals surface area (Å²) in [4.78, 5) is 0.905. The fourth-order valence-electron chi connectivity index (χ4n) is 0.741. The van der Waals surface area contributed by atoms with Crippen LogP contribution < -0.4 is 24.8 Å². The molecular formula is C11H10Cl2STi. The van der Waals surface area contributed by atoms with Crippen molar-refractivity contribution >= 4 is 12.6 Å². The monoisotopic (exact) mass is 292 g/mol. The minimum atomic E-state index is 0. The van der Waals surface area contributed by atoms with E-state index in [1.54, 1.807) is 0 Å². The molecule has 0 nitrogen and oxygen atoms in total. The SMILES string of the molecule is [Cl-].[Cl-].[S-]c1ccccc1.[Ti+4].c1cc[cH-]c1. The fourth-order valence-corrected chi connectivity index (χ4v) is 0.898. The maximum Gasteiger partial charge on any atom is 4.00 e. The molecule has 2 aromatic carbocycles. The van der Waals surface area contributed by atoms with Crippen LogP contribution in [0.15, 0.2) is 65.6 Å². The third-order valence-electron chi connectivity index (χ3n) is 1.30. The van der Waals surface area contributed by atoms with Gasteiger partial charge in [-0.25, -0.2) is 12.1 Å². The Morgan fingerprint density at radius 3 is 1.47 bits per heavy atom. The molecule has 0 heterocycles. The maximum atomic E-state index is 4.81. The molecule has 15 heavy (non-hydrogen) atoms. The van der Waals surface area contributed by atoms with Crippen molar-refractivity contribution in [2.45, 2.75) is 4.90 Å². The van der Waals surface area contributed by atoms with Crippen LogP contribution in [0.3, 0.4) is 0 Å². The van der Waals surface area contributed by atoms with Gasteiger partial charge in [0.05, 0.1) is 0 Å². The average Bonchev–Trinajstić information content (AvgIpc) is 2.62. The first-order valence-electron chi connectivity index (χ1n) is 3.78. The third kappa shape index (κ3) is 12.0. The van der Waals surface area contributed by atoms with Gasteiger partial charge in [-0.2, -0.15) is 23.1 Å². The van der Waals surface area contributed by atoms with Crippen LogP contribution in [0.4, 0.5) is 0 Å². The van der Waals surface area contributed by atoms with E-state index < -0.39 is 0 Å². The van der Waals surface area contributed by atoms with E-state index in [2.05, 4.69) is 0 Å². The summed E-state index contributed by atoms with van der Waals surface area (Å²) < 4.78 is 0. The third-order valence-corrected chi connectivity index (χ3v) is 1.57. The summed E-state index contributed by atoms with van der Waals surface area (Å²) in [7, 11) is 0. The predicted molar refractivity (Wildman–Crippen MR) is 54.1 cm³/mol. The van der Waals surface area contributed by atoms with E-state index in [4.69, 9.17) is 12.6 Å². The number of rotatable bonds is 0. The van der Waals surface area contributed by atoms with Crippen LogP contribution in [0.2, 0.25) is 0 Å². The molecule has 0 aliphatic carbocycles. The molecule has 0 aromatic heterocycles. The van der Waals surface area contributed by atoms with Gasteiger partial charge in [0.1, 0.15) is 0 Å². The quantitative estimate of drug-likeness (QED) is 0.283. The second-order valence-electron chi connectivity index (χ2n) is 2.28. The molecule has 0 bridgehead atoms. The summed E-state index contributed by atoms with van der Waals surface area (Å²) in [5.74, 6) is 0. The van der Waals surface area contributed by atoms with E-state index in [-0.39, 0.29) is 46.5 Å². The van der Waals surface area contributed by atoms with E-state index in [9.17, 15) is 0 Å². The Balaban J connectivity index is -0.000000165. The van der Waals surface area contributed by atoms with Crippen molar-refractivity contribution in [1.29, 1.82) is 0 Å². The van der Waals surface area contributed by atoms with Gasteiger partial charge in [0.2, 0.25) is 0 Å². The molecule has 0 unspecified atom stereocenters. The molecule has 0 saturated carbocycles. The molecule has 2 rings (SSSR count). The van der Waals surface area contributed by atoms with Crippen LogP contribution in [-0.4, -0.2) is 0 Å². The summed E-state index contributed by atoms with van der Waals surface area (Å²) >= 11 is 4.81. The van der Waals surface area contributed by atoms with Crippen molar-refractivity contribution in [1.82, 2.24) is 0 Å². The molecule has 0 radical (unpaired) electrons. The van der Waals surface area contributed by atoms with Crippen molar-refractivity contribution in [2.24, 2.45) is 0 Å². The van der Waals surface area contributed by atoms with Crippen LogP contribution in [0.25, 0.3) is 0 Å². The van der Waals surface area contributed by atoms with Crippen LogP contribution in [0.1, 0.15) is 0 Å². The van der Waals surface area contributed by atoms with Gasteiger partial charge in [0.25, 0.3) is 0 Å². The fraction of sp³-hybridized carbons (Fsp3) is 0. The van der Waals surface area contributed by atoms with Crippen LogP contribution in [0, 0.1) is 0 Å². The molecule has 0 fully saturated rings. The largest absolute Gasteiger partial charge is 4.00 e. The van der Waals surface area contributed by atoms with Crippen molar-refractivity contribution < 1.29 is 46.5 Å². The molecule has 2 aromatic rings. The minimum absolute atomic E-state index is 0. The molecule has 0 spiro atoms. The molecule has 0 aliphatic rings. The van der Waals surface area contributed by atoms with Gasteiger partial charge in [-0.05, 0) is 0 Å². The van der Waals surface area contributed by atoms with Crippen molar-refractivity contribution in [3.05, 3.63) is 60.7 Å². The first kappa shape index (κ1) is 20.5. The molecule has 4 heteroatoms. The zero-order valence-electron chi connectivity index (χ0n) is 7.94. The molecule has 0 saturated heterocycles. The maximum absolute atomic E-state index is 4.81. The second kappa shape index (κ2) is 14.1. The number of benzene rings is 1. The van der Waals surface area contributed by atoms with Crippen molar-refractivity contribution in [3.63, 3.8) is 0 Å². The minimum Gasteiger partial charge on any atom is -1.00 e. The zero-order chi connectivity index (χ0) is 8.65. The van der Waals surface area contributed by atoms with Gasteiger partial charge < -0.3 is 37.4 Å². The van der Waals surface area contributed by atoms with E-state index >= 15 is 0 Å². The Bertz CT molecular complexity index is 267. The molecule has 0 atom stereocenters. The van der Waals surface area contributed by atoms with E-state index in [0.29, 0.717) is 0 Å². The predicted octanol–water partition coefficient (Wildman–Crippen LogP) is -3.00. The van der Waals surface area contributed by atoms with Crippen LogP contribution in [0.5, 0.6) is 0 Å². The zero-order valence-corrected chi connectivity index (χ0v) is 11.8. The summed E-state index contributed by atoms with van der Waals surface area (Å²) in [6.45, 7) is 0.